The molecule has 1 N–H and O–H groups in total. The van der Waals surface area contributed by atoms with Crippen molar-refractivity contribution in [3.8, 4) is 23.1 Å². The zero-order valence-corrected chi connectivity index (χ0v) is 13.3. The standard InChI is InChI=1S/C13H14N6OS.ClH/c1-2-10(6-14-4-1)19-8-15-12(17-19)13-16-11(18-20-13)9-3-5-21-7-9;/h3,5,7-8,10,14H,1-2,4,6H2;1H. The molecular weight excluding hydrogens is 324 g/mol. The van der Waals surface area contributed by atoms with Gasteiger partial charge in [-0.15, -0.1) is 17.5 Å². The Bertz CT molecular complexity index is 719. The lowest BCUT2D eigenvalue weighted by Crippen LogP contribution is -2.31. The first-order chi connectivity index (χ1) is 10.4. The molecule has 0 radical (unpaired) electrons. The Balaban J connectivity index is 0.00000144. The summed E-state index contributed by atoms with van der Waals surface area (Å²) in [6, 6.07) is 2.30. The van der Waals surface area contributed by atoms with Crippen LogP contribution in [0.25, 0.3) is 23.1 Å². The van der Waals surface area contributed by atoms with Crippen LogP contribution in [0, 0.1) is 0 Å². The maximum Gasteiger partial charge on any atom is 0.297 e. The second-order valence-electron chi connectivity index (χ2n) is 4.98. The van der Waals surface area contributed by atoms with Crippen LogP contribution in [0.1, 0.15) is 18.9 Å². The van der Waals surface area contributed by atoms with E-state index >= 15 is 0 Å². The fraction of sp³-hybridized carbons (Fsp3) is 0.385. The van der Waals surface area contributed by atoms with Gasteiger partial charge in [0.05, 0.1) is 6.04 Å². The Morgan fingerprint density at radius 3 is 3.09 bits per heavy atom. The number of aromatic nitrogens is 5. The summed E-state index contributed by atoms with van der Waals surface area (Å²) in [5.74, 6) is 1.41. The van der Waals surface area contributed by atoms with Crippen LogP contribution in [0.4, 0.5) is 0 Å². The maximum absolute atomic E-state index is 5.26. The summed E-state index contributed by atoms with van der Waals surface area (Å²) in [5, 5.41) is 15.8. The van der Waals surface area contributed by atoms with Crippen molar-refractivity contribution < 1.29 is 4.52 Å². The van der Waals surface area contributed by atoms with E-state index < -0.39 is 0 Å². The average molecular weight is 339 g/mol. The molecule has 0 spiro atoms. The van der Waals surface area contributed by atoms with Crippen molar-refractivity contribution in [2.24, 2.45) is 0 Å². The molecule has 0 saturated carbocycles. The number of halogens is 1. The van der Waals surface area contributed by atoms with Gasteiger partial charge in [0.2, 0.25) is 11.6 Å². The fourth-order valence-electron chi connectivity index (χ4n) is 2.43. The molecule has 3 aromatic heterocycles. The van der Waals surface area contributed by atoms with Crippen LogP contribution in [0.3, 0.4) is 0 Å². The predicted molar refractivity (Wildman–Crippen MR) is 85.0 cm³/mol. The van der Waals surface area contributed by atoms with Crippen molar-refractivity contribution in [2.45, 2.75) is 18.9 Å². The van der Waals surface area contributed by atoms with Gasteiger partial charge in [0.25, 0.3) is 5.89 Å². The predicted octanol–water partition coefficient (Wildman–Crippen LogP) is 2.40. The van der Waals surface area contributed by atoms with Crippen LogP contribution < -0.4 is 5.32 Å². The molecule has 4 rings (SSSR count). The minimum Gasteiger partial charge on any atom is -0.330 e. The van der Waals surface area contributed by atoms with Crippen molar-refractivity contribution in [3.63, 3.8) is 0 Å². The molecule has 1 unspecified atom stereocenters. The molecule has 1 saturated heterocycles. The lowest BCUT2D eigenvalue weighted by molar-refractivity contribution is 0.345. The van der Waals surface area contributed by atoms with Gasteiger partial charge in [0.15, 0.2) is 0 Å². The normalized spacial score (nSPS) is 18.1. The molecule has 7 nitrogen and oxygen atoms in total. The van der Waals surface area contributed by atoms with Crippen molar-refractivity contribution in [1.82, 2.24) is 30.2 Å². The van der Waals surface area contributed by atoms with E-state index in [1.165, 1.54) is 0 Å². The van der Waals surface area contributed by atoms with E-state index in [4.69, 9.17) is 4.52 Å². The number of hydrogen-bond donors (Lipinski definition) is 1. The third-order valence-electron chi connectivity index (χ3n) is 3.55. The van der Waals surface area contributed by atoms with Gasteiger partial charge in [-0.3, -0.25) is 0 Å². The van der Waals surface area contributed by atoms with Gasteiger partial charge >= 0.3 is 0 Å². The van der Waals surface area contributed by atoms with Crippen LogP contribution in [-0.2, 0) is 0 Å². The van der Waals surface area contributed by atoms with E-state index in [0.29, 0.717) is 23.6 Å². The lowest BCUT2D eigenvalue weighted by atomic mass is 10.1. The Hall–Kier alpha value is -1.77. The molecule has 0 aromatic carbocycles. The minimum absolute atomic E-state index is 0. The largest absolute Gasteiger partial charge is 0.330 e. The highest BCUT2D eigenvalue weighted by Gasteiger charge is 2.19. The lowest BCUT2D eigenvalue weighted by Gasteiger charge is -2.22. The van der Waals surface area contributed by atoms with Gasteiger partial charge in [-0.1, -0.05) is 5.16 Å². The van der Waals surface area contributed by atoms with Gasteiger partial charge in [0, 0.05) is 17.5 Å². The Morgan fingerprint density at radius 2 is 2.32 bits per heavy atom. The molecule has 9 heteroatoms. The molecule has 0 bridgehead atoms. The smallest absolute Gasteiger partial charge is 0.297 e. The molecular formula is C13H15ClN6OS. The fourth-order valence-corrected chi connectivity index (χ4v) is 3.07. The molecule has 4 heterocycles. The van der Waals surface area contributed by atoms with Gasteiger partial charge in [-0.05, 0) is 30.8 Å². The summed E-state index contributed by atoms with van der Waals surface area (Å²) >= 11 is 1.60. The van der Waals surface area contributed by atoms with E-state index in [1.807, 2.05) is 21.5 Å². The number of rotatable bonds is 3. The molecule has 1 atom stereocenters. The summed E-state index contributed by atoms with van der Waals surface area (Å²) in [6.45, 7) is 2.00. The minimum atomic E-state index is 0. The quantitative estimate of drug-likeness (QED) is 0.789. The third kappa shape index (κ3) is 2.90. The molecule has 22 heavy (non-hydrogen) atoms. The second kappa shape index (κ2) is 6.55. The molecule has 1 aliphatic rings. The summed E-state index contributed by atoms with van der Waals surface area (Å²) in [5.41, 5.74) is 0.950. The summed E-state index contributed by atoms with van der Waals surface area (Å²) < 4.78 is 7.15. The van der Waals surface area contributed by atoms with Gasteiger partial charge < -0.3 is 9.84 Å². The third-order valence-corrected chi connectivity index (χ3v) is 4.23. The first-order valence-electron chi connectivity index (χ1n) is 6.89. The topological polar surface area (TPSA) is 81.7 Å². The SMILES string of the molecule is Cl.c1cc(-c2noc(-c3ncn(C4CCCNC4)n3)n2)cs1. The first-order valence-corrected chi connectivity index (χ1v) is 7.83. The van der Waals surface area contributed by atoms with Crippen LogP contribution in [0.15, 0.2) is 27.7 Å². The molecule has 1 aliphatic heterocycles. The van der Waals surface area contributed by atoms with E-state index in [9.17, 15) is 0 Å². The van der Waals surface area contributed by atoms with E-state index in [1.54, 1.807) is 17.7 Å². The monoisotopic (exact) mass is 338 g/mol. The van der Waals surface area contributed by atoms with Crippen LogP contribution in [-0.4, -0.2) is 38.0 Å². The van der Waals surface area contributed by atoms with E-state index in [0.717, 1.165) is 31.5 Å². The summed E-state index contributed by atoms with van der Waals surface area (Å²) in [6.07, 6.45) is 4.00. The number of thiophene rings is 1. The molecule has 0 amide bonds. The highest BCUT2D eigenvalue weighted by Crippen LogP contribution is 2.22. The average Bonchev–Trinajstić information content (AvgIpc) is 3.27. The Morgan fingerprint density at radius 1 is 1.36 bits per heavy atom. The van der Waals surface area contributed by atoms with Crippen LogP contribution >= 0.6 is 23.7 Å². The molecule has 0 aliphatic carbocycles. The van der Waals surface area contributed by atoms with Crippen LogP contribution in [0.5, 0.6) is 0 Å². The van der Waals surface area contributed by atoms with Gasteiger partial charge in [-0.2, -0.15) is 16.3 Å². The first kappa shape index (κ1) is 15.1. The zero-order chi connectivity index (χ0) is 14.1. The van der Waals surface area contributed by atoms with Gasteiger partial charge in [-0.25, -0.2) is 9.67 Å². The number of piperidine rings is 1. The van der Waals surface area contributed by atoms with Gasteiger partial charge in [0.1, 0.15) is 6.33 Å². The number of nitrogens with zero attached hydrogens (tertiary/aromatic N) is 5. The Kier molecular flexibility index (Phi) is 4.51. The molecule has 3 aromatic rings. The maximum atomic E-state index is 5.26. The molecule has 116 valence electrons. The second-order valence-corrected chi connectivity index (χ2v) is 5.76. The summed E-state index contributed by atoms with van der Waals surface area (Å²) in [7, 11) is 0. The highest BCUT2D eigenvalue weighted by atomic mass is 35.5. The van der Waals surface area contributed by atoms with Crippen molar-refractivity contribution in [1.29, 1.82) is 0 Å². The molecule has 1 fully saturated rings. The number of hydrogen-bond acceptors (Lipinski definition) is 7. The van der Waals surface area contributed by atoms with Crippen molar-refractivity contribution >= 4 is 23.7 Å². The van der Waals surface area contributed by atoms with Crippen LogP contribution in [0.2, 0.25) is 0 Å². The van der Waals surface area contributed by atoms with E-state index in [2.05, 4.69) is 25.5 Å². The Labute approximate surface area is 137 Å². The summed E-state index contributed by atoms with van der Waals surface area (Å²) in [4.78, 5) is 8.64. The zero-order valence-electron chi connectivity index (χ0n) is 11.7. The number of nitrogens with one attached hydrogen (secondary N) is 1. The van der Waals surface area contributed by atoms with Crippen molar-refractivity contribution in [3.05, 3.63) is 23.2 Å². The van der Waals surface area contributed by atoms with E-state index in [-0.39, 0.29) is 12.4 Å². The van der Waals surface area contributed by atoms with Crippen molar-refractivity contribution in [2.75, 3.05) is 13.1 Å². The highest BCUT2D eigenvalue weighted by molar-refractivity contribution is 7.08.